The van der Waals surface area contributed by atoms with Gasteiger partial charge < -0.3 is 23.9 Å². The van der Waals surface area contributed by atoms with Gasteiger partial charge in [0.25, 0.3) is 0 Å². The Hall–Kier alpha value is -2.05. The van der Waals surface area contributed by atoms with Crippen molar-refractivity contribution in [2.45, 2.75) is 6.54 Å². The zero-order valence-electron chi connectivity index (χ0n) is 12.5. The molecule has 0 saturated carbocycles. The Balaban J connectivity index is 2.16. The Labute approximate surface area is 124 Å². The first-order valence-corrected chi connectivity index (χ1v) is 6.64. The summed E-state index contributed by atoms with van der Waals surface area (Å²) in [5.41, 5.74) is 1.74. The first kappa shape index (κ1) is 15.3. The number of oxazole rings is 1. The monoisotopic (exact) mass is 292 g/mol. The lowest BCUT2D eigenvalue weighted by Crippen LogP contribution is -2.19. The van der Waals surface area contributed by atoms with Crippen LogP contribution in [0, 0.1) is 0 Å². The fraction of sp³-hybridized carbons (Fsp3) is 0.400. The van der Waals surface area contributed by atoms with Crippen molar-refractivity contribution in [2.75, 3.05) is 34.5 Å². The van der Waals surface area contributed by atoms with Crippen LogP contribution in [0.5, 0.6) is 11.5 Å². The quantitative estimate of drug-likeness (QED) is 0.752. The van der Waals surface area contributed by atoms with Crippen molar-refractivity contribution in [3.8, 4) is 22.8 Å². The molecule has 1 N–H and O–H groups in total. The maximum atomic E-state index is 5.50. The number of nitrogens with zero attached hydrogens (tertiary/aromatic N) is 1. The van der Waals surface area contributed by atoms with Gasteiger partial charge in [-0.1, -0.05) is 0 Å². The SMILES string of the molecule is COCCNCc1ncoc1-c1ccc(OC)c(OC)c1. The molecular formula is C15H20N2O4. The summed E-state index contributed by atoms with van der Waals surface area (Å²) < 4.78 is 21.0. The van der Waals surface area contributed by atoms with Gasteiger partial charge >= 0.3 is 0 Å². The van der Waals surface area contributed by atoms with Crippen LogP contribution < -0.4 is 14.8 Å². The second-order valence-electron chi connectivity index (χ2n) is 4.37. The molecule has 0 aliphatic heterocycles. The van der Waals surface area contributed by atoms with Crippen molar-refractivity contribution in [3.05, 3.63) is 30.3 Å². The normalized spacial score (nSPS) is 10.6. The summed E-state index contributed by atoms with van der Waals surface area (Å²) in [5.74, 6) is 2.06. The maximum absolute atomic E-state index is 5.50. The molecule has 114 valence electrons. The number of aromatic nitrogens is 1. The summed E-state index contributed by atoms with van der Waals surface area (Å²) >= 11 is 0. The molecule has 21 heavy (non-hydrogen) atoms. The van der Waals surface area contributed by atoms with Gasteiger partial charge in [0.05, 0.1) is 20.8 Å². The fourth-order valence-electron chi connectivity index (χ4n) is 1.99. The maximum Gasteiger partial charge on any atom is 0.181 e. The topological polar surface area (TPSA) is 65.8 Å². The van der Waals surface area contributed by atoms with Gasteiger partial charge in [-0.2, -0.15) is 0 Å². The van der Waals surface area contributed by atoms with Crippen molar-refractivity contribution >= 4 is 0 Å². The second kappa shape index (κ2) is 7.66. The van der Waals surface area contributed by atoms with Crippen LogP contribution in [0.2, 0.25) is 0 Å². The second-order valence-corrected chi connectivity index (χ2v) is 4.37. The average Bonchev–Trinajstić information content (AvgIpc) is 2.99. The van der Waals surface area contributed by atoms with E-state index < -0.39 is 0 Å². The summed E-state index contributed by atoms with van der Waals surface area (Å²) in [5, 5.41) is 3.25. The highest BCUT2D eigenvalue weighted by Crippen LogP contribution is 2.33. The molecule has 0 unspecified atom stereocenters. The van der Waals surface area contributed by atoms with E-state index in [1.165, 1.54) is 6.39 Å². The van der Waals surface area contributed by atoms with Crippen LogP contribution in [0.25, 0.3) is 11.3 Å². The van der Waals surface area contributed by atoms with Crippen molar-refractivity contribution in [3.63, 3.8) is 0 Å². The molecule has 2 rings (SSSR count). The number of benzene rings is 1. The van der Waals surface area contributed by atoms with E-state index in [4.69, 9.17) is 18.6 Å². The molecule has 2 aromatic rings. The van der Waals surface area contributed by atoms with E-state index in [-0.39, 0.29) is 0 Å². The molecule has 1 aromatic carbocycles. The fourth-order valence-corrected chi connectivity index (χ4v) is 1.99. The van der Waals surface area contributed by atoms with Crippen molar-refractivity contribution in [2.24, 2.45) is 0 Å². The minimum absolute atomic E-state index is 0.615. The van der Waals surface area contributed by atoms with Gasteiger partial charge in [0, 0.05) is 25.8 Å². The molecular weight excluding hydrogens is 272 g/mol. The Morgan fingerprint density at radius 2 is 1.95 bits per heavy atom. The van der Waals surface area contributed by atoms with Crippen molar-refractivity contribution in [1.82, 2.24) is 10.3 Å². The predicted octanol–water partition coefficient (Wildman–Crippen LogP) is 2.09. The van der Waals surface area contributed by atoms with E-state index >= 15 is 0 Å². The first-order valence-electron chi connectivity index (χ1n) is 6.64. The van der Waals surface area contributed by atoms with Crippen molar-refractivity contribution in [1.29, 1.82) is 0 Å². The molecule has 0 atom stereocenters. The number of rotatable bonds is 8. The van der Waals surface area contributed by atoms with Gasteiger partial charge in [-0.25, -0.2) is 4.98 Å². The van der Waals surface area contributed by atoms with E-state index in [0.29, 0.717) is 24.7 Å². The number of methoxy groups -OCH3 is 3. The number of ether oxygens (including phenoxy) is 3. The summed E-state index contributed by atoms with van der Waals surface area (Å²) in [7, 11) is 4.89. The van der Waals surface area contributed by atoms with Crippen LogP contribution in [-0.4, -0.2) is 39.5 Å². The molecule has 0 bridgehead atoms. The Bertz CT molecular complexity index is 569. The van der Waals surface area contributed by atoms with E-state index in [1.54, 1.807) is 21.3 Å². The molecule has 0 fully saturated rings. The molecule has 1 heterocycles. The minimum Gasteiger partial charge on any atom is -0.493 e. The van der Waals surface area contributed by atoms with Crippen LogP contribution in [0.15, 0.2) is 29.0 Å². The molecule has 6 heteroatoms. The van der Waals surface area contributed by atoms with E-state index in [1.807, 2.05) is 18.2 Å². The summed E-state index contributed by atoms with van der Waals surface area (Å²) in [6.07, 6.45) is 1.44. The third-order valence-corrected chi connectivity index (χ3v) is 3.06. The lowest BCUT2D eigenvalue weighted by atomic mass is 10.1. The third kappa shape index (κ3) is 3.74. The lowest BCUT2D eigenvalue weighted by molar-refractivity contribution is 0.199. The van der Waals surface area contributed by atoms with E-state index in [0.717, 1.165) is 23.6 Å². The van der Waals surface area contributed by atoms with Gasteiger partial charge in [0.15, 0.2) is 23.7 Å². The zero-order chi connectivity index (χ0) is 15.1. The summed E-state index contributed by atoms with van der Waals surface area (Å²) in [6.45, 7) is 2.03. The number of hydrogen-bond acceptors (Lipinski definition) is 6. The summed E-state index contributed by atoms with van der Waals surface area (Å²) in [6, 6.07) is 5.64. The van der Waals surface area contributed by atoms with Gasteiger partial charge in [0.2, 0.25) is 0 Å². The Kier molecular flexibility index (Phi) is 5.59. The van der Waals surface area contributed by atoms with Crippen LogP contribution >= 0.6 is 0 Å². The Morgan fingerprint density at radius 1 is 1.14 bits per heavy atom. The van der Waals surface area contributed by atoms with Gasteiger partial charge in [0.1, 0.15) is 5.69 Å². The molecule has 0 amide bonds. The molecule has 0 aliphatic carbocycles. The largest absolute Gasteiger partial charge is 0.493 e. The van der Waals surface area contributed by atoms with Crippen molar-refractivity contribution < 1.29 is 18.6 Å². The van der Waals surface area contributed by atoms with Crippen LogP contribution in [-0.2, 0) is 11.3 Å². The van der Waals surface area contributed by atoms with Crippen LogP contribution in [0.4, 0.5) is 0 Å². The van der Waals surface area contributed by atoms with Crippen LogP contribution in [0.1, 0.15) is 5.69 Å². The minimum atomic E-state index is 0.615. The van der Waals surface area contributed by atoms with E-state index in [9.17, 15) is 0 Å². The number of hydrogen-bond donors (Lipinski definition) is 1. The highest BCUT2D eigenvalue weighted by atomic mass is 16.5. The smallest absolute Gasteiger partial charge is 0.181 e. The van der Waals surface area contributed by atoms with Gasteiger partial charge in [-0.05, 0) is 18.2 Å². The zero-order valence-corrected chi connectivity index (χ0v) is 12.5. The molecule has 0 saturated heterocycles. The molecule has 0 spiro atoms. The van der Waals surface area contributed by atoms with Gasteiger partial charge in [-0.3, -0.25) is 0 Å². The Morgan fingerprint density at radius 3 is 2.67 bits per heavy atom. The van der Waals surface area contributed by atoms with Crippen LogP contribution in [0.3, 0.4) is 0 Å². The molecule has 6 nitrogen and oxygen atoms in total. The highest BCUT2D eigenvalue weighted by molar-refractivity contribution is 5.64. The van der Waals surface area contributed by atoms with E-state index in [2.05, 4.69) is 10.3 Å². The molecule has 0 aliphatic rings. The first-order chi connectivity index (χ1) is 10.3. The van der Waals surface area contributed by atoms with Gasteiger partial charge in [-0.15, -0.1) is 0 Å². The third-order valence-electron chi connectivity index (χ3n) is 3.06. The highest BCUT2D eigenvalue weighted by Gasteiger charge is 2.13. The lowest BCUT2D eigenvalue weighted by Gasteiger charge is -2.09. The standard InChI is InChI=1S/C15H20N2O4/c1-18-7-6-16-9-12-15(21-10-17-12)11-4-5-13(19-2)14(8-11)20-3/h4-5,8,10,16H,6-7,9H2,1-3H3. The summed E-state index contributed by atoms with van der Waals surface area (Å²) in [4.78, 5) is 4.25. The average molecular weight is 292 g/mol. The number of nitrogens with one attached hydrogen (secondary N) is 1. The predicted molar refractivity (Wildman–Crippen MR) is 78.6 cm³/mol. The molecule has 1 aromatic heterocycles. The molecule has 0 radical (unpaired) electrons.